The third kappa shape index (κ3) is 4.65. The van der Waals surface area contributed by atoms with E-state index in [9.17, 15) is 19.5 Å². The number of hydrogen-bond acceptors (Lipinski definition) is 5. The first-order chi connectivity index (χ1) is 17.4. The number of fused-ring (bicyclic) bond motifs is 3. The molecule has 2 N–H and O–H groups in total. The SMILES string of the molecule is C[C@H]1CCc2c(ccc3c2nc(CCn2cccn2)n3CC(=O)NCC(=O)N2CCCC2)N1C(=O)O. The quantitative estimate of drug-likeness (QED) is 0.519. The monoisotopic (exact) mass is 493 g/mol. The number of carbonyl (C=O) groups is 3. The van der Waals surface area contributed by atoms with E-state index in [4.69, 9.17) is 4.98 Å². The summed E-state index contributed by atoms with van der Waals surface area (Å²) in [7, 11) is 0. The van der Waals surface area contributed by atoms with E-state index in [2.05, 4.69) is 10.4 Å². The highest BCUT2D eigenvalue weighted by molar-refractivity contribution is 5.95. The minimum absolute atomic E-state index is 0.0189. The fraction of sp³-hybridized carbons (Fsp3) is 0.480. The minimum Gasteiger partial charge on any atom is -0.465 e. The van der Waals surface area contributed by atoms with Crippen LogP contribution in [0.25, 0.3) is 11.0 Å². The van der Waals surface area contributed by atoms with E-state index in [1.807, 2.05) is 40.6 Å². The van der Waals surface area contributed by atoms with Crippen molar-refractivity contribution in [1.82, 2.24) is 29.5 Å². The summed E-state index contributed by atoms with van der Waals surface area (Å²) in [4.78, 5) is 45.3. The van der Waals surface area contributed by atoms with Crippen LogP contribution >= 0.6 is 0 Å². The second-order valence-corrected chi connectivity index (χ2v) is 9.47. The summed E-state index contributed by atoms with van der Waals surface area (Å²) in [6.45, 7) is 3.99. The number of imidazole rings is 1. The van der Waals surface area contributed by atoms with E-state index in [1.54, 1.807) is 11.1 Å². The molecule has 0 bridgehead atoms. The molecule has 0 spiro atoms. The molecule has 3 aromatic rings. The fourth-order valence-electron chi connectivity index (χ4n) is 5.23. The highest BCUT2D eigenvalue weighted by atomic mass is 16.4. The van der Waals surface area contributed by atoms with Crippen molar-refractivity contribution in [3.63, 3.8) is 0 Å². The van der Waals surface area contributed by atoms with E-state index in [0.29, 0.717) is 31.5 Å². The molecule has 0 unspecified atom stereocenters. The molecule has 1 atom stereocenters. The maximum Gasteiger partial charge on any atom is 0.412 e. The molecule has 5 rings (SSSR count). The van der Waals surface area contributed by atoms with E-state index in [-0.39, 0.29) is 30.9 Å². The molecule has 2 aromatic heterocycles. The summed E-state index contributed by atoms with van der Waals surface area (Å²) in [5.41, 5.74) is 3.04. The predicted molar refractivity (Wildman–Crippen MR) is 133 cm³/mol. The van der Waals surface area contributed by atoms with Crippen LogP contribution in [0.2, 0.25) is 0 Å². The summed E-state index contributed by atoms with van der Waals surface area (Å²) in [5.74, 6) is 0.392. The van der Waals surface area contributed by atoms with Crippen LogP contribution in [0.15, 0.2) is 30.6 Å². The molecule has 190 valence electrons. The molecule has 11 heteroatoms. The Morgan fingerprint density at radius 2 is 2.00 bits per heavy atom. The number of aromatic nitrogens is 4. The second-order valence-electron chi connectivity index (χ2n) is 9.47. The fourth-order valence-corrected chi connectivity index (χ4v) is 5.23. The van der Waals surface area contributed by atoms with Gasteiger partial charge in [0.25, 0.3) is 0 Å². The van der Waals surface area contributed by atoms with Crippen molar-refractivity contribution in [2.45, 2.75) is 58.2 Å². The number of amides is 3. The van der Waals surface area contributed by atoms with Crippen LogP contribution in [0.1, 0.15) is 37.6 Å². The highest BCUT2D eigenvalue weighted by Crippen LogP contribution is 2.36. The average molecular weight is 494 g/mol. The van der Waals surface area contributed by atoms with Gasteiger partial charge in [0, 0.05) is 50.1 Å². The number of benzene rings is 1. The number of aryl methyl sites for hydroxylation is 3. The molecule has 1 aromatic carbocycles. The largest absolute Gasteiger partial charge is 0.465 e. The average Bonchev–Trinajstić information content (AvgIpc) is 3.62. The molecule has 1 fully saturated rings. The maximum absolute atomic E-state index is 12.9. The minimum atomic E-state index is -0.983. The zero-order valence-electron chi connectivity index (χ0n) is 20.4. The maximum atomic E-state index is 12.9. The Hall–Kier alpha value is -3.89. The molecule has 4 heterocycles. The summed E-state index contributed by atoms with van der Waals surface area (Å²) in [6, 6.07) is 5.39. The van der Waals surface area contributed by atoms with Crippen LogP contribution < -0.4 is 10.2 Å². The van der Waals surface area contributed by atoms with E-state index in [0.717, 1.165) is 48.4 Å². The number of carbonyl (C=O) groups excluding carboxylic acids is 2. The molecule has 3 amide bonds. The van der Waals surface area contributed by atoms with Gasteiger partial charge >= 0.3 is 6.09 Å². The standard InChI is InChI=1S/C25H31N7O4/c1-17-5-6-18-19(32(17)25(35)36)7-8-20-24(18)28-21(9-14-30-13-4-10-27-30)31(20)16-22(33)26-15-23(34)29-11-2-3-12-29/h4,7-8,10,13,17H,2-3,5-6,9,11-12,14-16H2,1H3,(H,26,33)(H,35,36)/t17-/m0/s1. The number of likely N-dealkylation sites (tertiary alicyclic amines) is 1. The van der Waals surface area contributed by atoms with Gasteiger partial charge in [-0.15, -0.1) is 0 Å². The van der Waals surface area contributed by atoms with Gasteiger partial charge in [0.1, 0.15) is 12.4 Å². The Labute approximate surface area is 208 Å². The zero-order valence-corrected chi connectivity index (χ0v) is 20.4. The van der Waals surface area contributed by atoms with E-state index < -0.39 is 6.09 Å². The summed E-state index contributed by atoms with van der Waals surface area (Å²) in [6.07, 6.45) is 6.57. The molecule has 0 aliphatic carbocycles. The number of hydrogen-bond donors (Lipinski definition) is 2. The third-order valence-corrected chi connectivity index (χ3v) is 7.12. The van der Waals surface area contributed by atoms with Crippen LogP contribution in [0.5, 0.6) is 0 Å². The van der Waals surface area contributed by atoms with E-state index in [1.165, 1.54) is 4.90 Å². The summed E-state index contributed by atoms with van der Waals surface area (Å²) in [5, 5.41) is 16.8. The summed E-state index contributed by atoms with van der Waals surface area (Å²) < 4.78 is 3.68. The summed E-state index contributed by atoms with van der Waals surface area (Å²) >= 11 is 0. The van der Waals surface area contributed by atoms with Crippen LogP contribution in [0.3, 0.4) is 0 Å². The van der Waals surface area contributed by atoms with Crippen molar-refractivity contribution in [1.29, 1.82) is 0 Å². The predicted octanol–water partition coefficient (Wildman–Crippen LogP) is 2.03. The van der Waals surface area contributed by atoms with Gasteiger partial charge in [0.2, 0.25) is 11.8 Å². The number of anilines is 1. The van der Waals surface area contributed by atoms with E-state index >= 15 is 0 Å². The topological polar surface area (TPSA) is 126 Å². The smallest absolute Gasteiger partial charge is 0.412 e. The van der Waals surface area contributed by atoms with Crippen LogP contribution in [0, 0.1) is 0 Å². The Kier molecular flexibility index (Phi) is 6.62. The van der Waals surface area contributed by atoms with Crippen LogP contribution in [-0.2, 0) is 35.5 Å². The van der Waals surface area contributed by atoms with Gasteiger partial charge in [-0.3, -0.25) is 19.2 Å². The van der Waals surface area contributed by atoms with Gasteiger partial charge in [0.15, 0.2) is 0 Å². The van der Waals surface area contributed by atoms with Crippen molar-refractivity contribution < 1.29 is 19.5 Å². The molecule has 2 aliphatic rings. The molecular formula is C25H31N7O4. The number of nitrogens with one attached hydrogen (secondary N) is 1. The van der Waals surface area contributed by atoms with Crippen molar-refractivity contribution in [2.24, 2.45) is 0 Å². The van der Waals surface area contributed by atoms with Gasteiger partial charge < -0.3 is 19.9 Å². The first-order valence-electron chi connectivity index (χ1n) is 12.5. The van der Waals surface area contributed by atoms with Crippen molar-refractivity contribution in [3.05, 3.63) is 42.0 Å². The first kappa shape index (κ1) is 23.8. The lowest BCUT2D eigenvalue weighted by Crippen LogP contribution is -2.41. The molecule has 36 heavy (non-hydrogen) atoms. The third-order valence-electron chi connectivity index (χ3n) is 7.12. The van der Waals surface area contributed by atoms with Gasteiger partial charge in [0.05, 0.1) is 23.3 Å². The number of rotatable bonds is 7. The van der Waals surface area contributed by atoms with Gasteiger partial charge in [-0.05, 0) is 50.8 Å². The van der Waals surface area contributed by atoms with Crippen LogP contribution in [0.4, 0.5) is 10.5 Å². The zero-order chi connectivity index (χ0) is 25.2. The lowest BCUT2D eigenvalue weighted by molar-refractivity contribution is -0.132. The van der Waals surface area contributed by atoms with Crippen molar-refractivity contribution in [3.8, 4) is 0 Å². The molecule has 0 radical (unpaired) electrons. The Morgan fingerprint density at radius 1 is 1.19 bits per heavy atom. The number of carboxylic acid groups (broad SMARTS) is 1. The Bertz CT molecular complexity index is 1280. The molecular weight excluding hydrogens is 462 g/mol. The lowest BCUT2D eigenvalue weighted by Gasteiger charge is -2.33. The molecule has 11 nitrogen and oxygen atoms in total. The lowest BCUT2D eigenvalue weighted by atomic mass is 9.96. The Balaban J connectivity index is 1.43. The van der Waals surface area contributed by atoms with Gasteiger partial charge in [-0.25, -0.2) is 9.78 Å². The van der Waals surface area contributed by atoms with Gasteiger partial charge in [-0.1, -0.05) is 0 Å². The second kappa shape index (κ2) is 10.00. The highest BCUT2D eigenvalue weighted by Gasteiger charge is 2.31. The first-order valence-corrected chi connectivity index (χ1v) is 12.5. The van der Waals surface area contributed by atoms with Gasteiger partial charge in [-0.2, -0.15) is 5.10 Å². The molecule has 1 saturated heterocycles. The van der Waals surface area contributed by atoms with Crippen molar-refractivity contribution >= 4 is 34.6 Å². The normalized spacial score (nSPS) is 17.4. The Morgan fingerprint density at radius 3 is 2.72 bits per heavy atom. The number of nitrogens with zero attached hydrogens (tertiary/aromatic N) is 6. The molecule has 2 aliphatic heterocycles. The molecule has 0 saturated carbocycles. The van der Waals surface area contributed by atoms with Crippen LogP contribution in [-0.4, -0.2) is 72.9 Å². The van der Waals surface area contributed by atoms with Crippen molar-refractivity contribution in [2.75, 3.05) is 24.5 Å².